The van der Waals surface area contributed by atoms with Crippen molar-refractivity contribution in [2.24, 2.45) is 0 Å². The number of rotatable bonds is 4. The minimum Gasteiger partial charge on any atom is -0.449 e. The van der Waals surface area contributed by atoms with Crippen molar-refractivity contribution in [1.82, 2.24) is 9.88 Å². The molecule has 144 valence electrons. The number of hydrogen-bond donors (Lipinski definition) is 0. The van der Waals surface area contributed by atoms with E-state index >= 15 is 0 Å². The molecule has 5 nitrogen and oxygen atoms in total. The van der Waals surface area contributed by atoms with E-state index in [9.17, 15) is 9.59 Å². The van der Waals surface area contributed by atoms with E-state index < -0.39 is 12.1 Å². The molecule has 1 aliphatic heterocycles. The number of halogens is 1. The van der Waals surface area contributed by atoms with Gasteiger partial charge in [0.1, 0.15) is 0 Å². The van der Waals surface area contributed by atoms with E-state index in [4.69, 9.17) is 16.3 Å². The second kappa shape index (κ2) is 7.89. The van der Waals surface area contributed by atoms with E-state index in [1.165, 1.54) is 11.3 Å². The molecule has 4 rings (SSSR count). The van der Waals surface area contributed by atoms with Gasteiger partial charge in [0.05, 0.1) is 26.0 Å². The first-order chi connectivity index (χ1) is 13.5. The first kappa shape index (κ1) is 18.9. The fourth-order valence-corrected chi connectivity index (χ4v) is 4.40. The Morgan fingerprint density at radius 3 is 2.64 bits per heavy atom. The Morgan fingerprint density at radius 1 is 1.18 bits per heavy atom. The quantitative estimate of drug-likeness (QED) is 0.576. The van der Waals surface area contributed by atoms with Gasteiger partial charge in [0.25, 0.3) is 5.91 Å². The lowest BCUT2D eigenvalue weighted by Crippen LogP contribution is -2.38. The van der Waals surface area contributed by atoms with Crippen LogP contribution in [-0.4, -0.2) is 41.0 Å². The Kier molecular flexibility index (Phi) is 5.33. The summed E-state index contributed by atoms with van der Waals surface area (Å²) in [6.07, 6.45) is 1.17. The monoisotopic (exact) mass is 414 g/mol. The number of nitrogens with zero attached hydrogens (tertiary/aromatic N) is 2. The summed E-state index contributed by atoms with van der Waals surface area (Å²) in [7, 11) is 0. The summed E-state index contributed by atoms with van der Waals surface area (Å²) in [6.45, 7) is 3.08. The van der Waals surface area contributed by atoms with Crippen molar-refractivity contribution in [2.45, 2.75) is 25.9 Å². The summed E-state index contributed by atoms with van der Waals surface area (Å²) < 4.78 is 6.19. The topological polar surface area (TPSA) is 59.5 Å². The number of likely N-dealkylation sites (tertiary alicyclic amines) is 1. The van der Waals surface area contributed by atoms with Crippen molar-refractivity contribution >= 4 is 45.7 Å². The van der Waals surface area contributed by atoms with E-state index in [0.717, 1.165) is 30.8 Å². The molecular formula is C21H19ClN2O3S. The zero-order valence-electron chi connectivity index (χ0n) is 15.4. The Hall–Kier alpha value is -2.44. The Labute approximate surface area is 171 Å². The SMILES string of the molecule is C[C@@H](OC(=O)c1cc(-c2ccc(Cl)s2)nc2ccccc12)C(=O)N1CCCC1. The van der Waals surface area contributed by atoms with Crippen molar-refractivity contribution in [2.75, 3.05) is 13.1 Å². The number of carbonyl (C=O) groups excluding carboxylic acids is 2. The lowest BCUT2D eigenvalue weighted by molar-refractivity contribution is -0.138. The third-order valence-electron chi connectivity index (χ3n) is 4.81. The standard InChI is InChI=1S/C21H19ClN2O3S/c1-13(20(25)24-10-4-5-11-24)27-21(26)15-12-17(18-8-9-19(22)28-18)23-16-7-3-2-6-14(15)16/h2-3,6-9,12-13H,4-5,10-11H2,1H3/t13-/m1/s1. The highest BCUT2D eigenvalue weighted by Gasteiger charge is 2.27. The van der Waals surface area contributed by atoms with Gasteiger partial charge in [-0.25, -0.2) is 9.78 Å². The molecule has 1 aromatic carbocycles. The van der Waals surface area contributed by atoms with Crippen LogP contribution in [-0.2, 0) is 9.53 Å². The Morgan fingerprint density at radius 2 is 1.93 bits per heavy atom. The van der Waals surface area contributed by atoms with Crippen molar-refractivity contribution in [3.63, 3.8) is 0 Å². The molecule has 1 saturated heterocycles. The largest absolute Gasteiger partial charge is 0.449 e. The molecule has 0 radical (unpaired) electrons. The average molecular weight is 415 g/mol. The van der Waals surface area contributed by atoms with Crippen LogP contribution in [0.15, 0.2) is 42.5 Å². The highest BCUT2D eigenvalue weighted by molar-refractivity contribution is 7.19. The minimum absolute atomic E-state index is 0.144. The molecule has 1 atom stereocenters. The maximum absolute atomic E-state index is 12.9. The van der Waals surface area contributed by atoms with Gasteiger partial charge in [-0.1, -0.05) is 29.8 Å². The van der Waals surface area contributed by atoms with Crippen LogP contribution in [0.2, 0.25) is 4.34 Å². The summed E-state index contributed by atoms with van der Waals surface area (Å²) in [6, 6.07) is 12.8. The number of thiophene rings is 1. The highest BCUT2D eigenvalue weighted by atomic mass is 35.5. The van der Waals surface area contributed by atoms with Gasteiger partial charge >= 0.3 is 5.97 Å². The molecular weight excluding hydrogens is 396 g/mol. The molecule has 1 fully saturated rings. The number of para-hydroxylation sites is 1. The van der Waals surface area contributed by atoms with Crippen LogP contribution in [0.5, 0.6) is 0 Å². The van der Waals surface area contributed by atoms with Gasteiger partial charge < -0.3 is 9.64 Å². The summed E-state index contributed by atoms with van der Waals surface area (Å²) in [5.74, 6) is -0.669. The number of esters is 1. The van der Waals surface area contributed by atoms with Crippen molar-refractivity contribution in [3.05, 3.63) is 52.4 Å². The molecule has 1 amide bonds. The third kappa shape index (κ3) is 3.75. The number of carbonyl (C=O) groups is 2. The van der Waals surface area contributed by atoms with Crippen LogP contribution in [0.1, 0.15) is 30.1 Å². The molecule has 0 N–H and O–H groups in total. The fourth-order valence-electron chi connectivity index (χ4n) is 3.39. The van der Waals surface area contributed by atoms with Crippen LogP contribution in [0.25, 0.3) is 21.5 Å². The molecule has 0 saturated carbocycles. The minimum atomic E-state index is -0.822. The number of pyridine rings is 1. The van der Waals surface area contributed by atoms with E-state index in [0.29, 0.717) is 26.5 Å². The molecule has 0 aliphatic carbocycles. The first-order valence-electron chi connectivity index (χ1n) is 9.18. The van der Waals surface area contributed by atoms with Crippen LogP contribution in [0.4, 0.5) is 0 Å². The van der Waals surface area contributed by atoms with Crippen molar-refractivity contribution < 1.29 is 14.3 Å². The molecule has 3 aromatic rings. The molecule has 7 heteroatoms. The van der Waals surface area contributed by atoms with Crippen molar-refractivity contribution in [3.8, 4) is 10.6 Å². The zero-order valence-corrected chi connectivity index (χ0v) is 16.9. The van der Waals surface area contributed by atoms with E-state index in [-0.39, 0.29) is 5.91 Å². The second-order valence-electron chi connectivity index (χ2n) is 6.76. The fraction of sp³-hybridized carbons (Fsp3) is 0.286. The highest BCUT2D eigenvalue weighted by Crippen LogP contribution is 2.32. The van der Waals surface area contributed by atoms with Crippen LogP contribution >= 0.6 is 22.9 Å². The molecule has 0 spiro atoms. The molecule has 2 aromatic heterocycles. The van der Waals surface area contributed by atoms with Gasteiger partial charge in [0.2, 0.25) is 0 Å². The molecule has 1 aliphatic rings. The number of hydrogen-bond acceptors (Lipinski definition) is 5. The van der Waals surface area contributed by atoms with E-state index in [1.807, 2.05) is 30.3 Å². The number of benzene rings is 1. The predicted octanol–water partition coefficient (Wildman–Crippen LogP) is 4.78. The van der Waals surface area contributed by atoms with Gasteiger partial charge in [-0.15, -0.1) is 11.3 Å². The number of amides is 1. The normalized spacial score (nSPS) is 15.0. The van der Waals surface area contributed by atoms with Gasteiger partial charge in [-0.05, 0) is 44.0 Å². The van der Waals surface area contributed by atoms with E-state index in [1.54, 1.807) is 24.0 Å². The molecule has 0 unspecified atom stereocenters. The third-order valence-corrected chi connectivity index (χ3v) is 6.06. The zero-order chi connectivity index (χ0) is 19.7. The van der Waals surface area contributed by atoms with Crippen LogP contribution in [0, 0.1) is 0 Å². The summed E-state index contributed by atoms with van der Waals surface area (Å²) >= 11 is 7.45. The first-order valence-corrected chi connectivity index (χ1v) is 10.4. The van der Waals surface area contributed by atoms with Gasteiger partial charge in [0.15, 0.2) is 6.10 Å². The molecule has 3 heterocycles. The molecule has 28 heavy (non-hydrogen) atoms. The van der Waals surface area contributed by atoms with Gasteiger partial charge in [0, 0.05) is 18.5 Å². The number of fused-ring (bicyclic) bond motifs is 1. The lowest BCUT2D eigenvalue weighted by Gasteiger charge is -2.20. The van der Waals surface area contributed by atoms with Crippen molar-refractivity contribution in [1.29, 1.82) is 0 Å². The predicted molar refractivity (Wildman–Crippen MR) is 111 cm³/mol. The van der Waals surface area contributed by atoms with Crippen LogP contribution < -0.4 is 0 Å². The maximum atomic E-state index is 12.9. The summed E-state index contributed by atoms with van der Waals surface area (Å²) in [5.41, 5.74) is 1.74. The summed E-state index contributed by atoms with van der Waals surface area (Å²) in [5, 5.41) is 0.694. The smallest absolute Gasteiger partial charge is 0.339 e. The summed E-state index contributed by atoms with van der Waals surface area (Å²) in [4.78, 5) is 32.7. The van der Waals surface area contributed by atoms with E-state index in [2.05, 4.69) is 4.98 Å². The van der Waals surface area contributed by atoms with Gasteiger partial charge in [-0.2, -0.15) is 0 Å². The molecule has 0 bridgehead atoms. The van der Waals surface area contributed by atoms with Crippen LogP contribution in [0.3, 0.4) is 0 Å². The average Bonchev–Trinajstić information content (AvgIpc) is 3.38. The second-order valence-corrected chi connectivity index (χ2v) is 8.47. The number of aromatic nitrogens is 1. The maximum Gasteiger partial charge on any atom is 0.339 e. The Bertz CT molecular complexity index is 1040. The number of ether oxygens (including phenoxy) is 1. The lowest BCUT2D eigenvalue weighted by atomic mass is 10.1. The Balaban J connectivity index is 1.66. The van der Waals surface area contributed by atoms with Gasteiger partial charge in [-0.3, -0.25) is 4.79 Å².